The molecule has 1 saturated heterocycles. The van der Waals surface area contributed by atoms with Crippen molar-refractivity contribution in [2.45, 2.75) is 13.0 Å². The van der Waals surface area contributed by atoms with Crippen LogP contribution in [0.4, 0.5) is 11.4 Å². The average molecular weight is 284 g/mol. The molecule has 104 valence electrons. The van der Waals surface area contributed by atoms with Gasteiger partial charge in [-0.15, -0.1) is 0 Å². The second kappa shape index (κ2) is 4.73. The number of carbonyl (C=O) groups is 1. The highest BCUT2D eigenvalue weighted by atomic mass is 32.2. The first-order valence-electron chi connectivity index (χ1n) is 5.90. The largest absolute Gasteiger partial charge is 0.478 e. The van der Waals surface area contributed by atoms with Gasteiger partial charge in [-0.1, -0.05) is 0 Å². The third-order valence-electron chi connectivity index (χ3n) is 3.27. The molecule has 6 nitrogen and oxygen atoms in total. The highest BCUT2D eigenvalue weighted by Gasteiger charge is 2.28. The van der Waals surface area contributed by atoms with Crippen LogP contribution in [0.2, 0.25) is 0 Å². The zero-order valence-corrected chi connectivity index (χ0v) is 11.4. The Morgan fingerprint density at radius 2 is 2.16 bits per heavy atom. The normalized spacial score (nSPS) is 22.2. The molecule has 19 heavy (non-hydrogen) atoms. The first-order valence-corrected chi connectivity index (χ1v) is 7.72. The first kappa shape index (κ1) is 13.7. The van der Waals surface area contributed by atoms with E-state index in [1.807, 2.05) is 11.8 Å². The number of hydrogen-bond acceptors (Lipinski definition) is 5. The Morgan fingerprint density at radius 1 is 1.47 bits per heavy atom. The summed E-state index contributed by atoms with van der Waals surface area (Å²) in [6.07, 6.45) is 0. The molecular formula is C12H16N2O4S. The van der Waals surface area contributed by atoms with Gasteiger partial charge >= 0.3 is 5.97 Å². The zero-order chi connectivity index (χ0) is 14.2. The second-order valence-electron chi connectivity index (χ2n) is 4.73. The summed E-state index contributed by atoms with van der Waals surface area (Å²) in [4.78, 5) is 12.8. The van der Waals surface area contributed by atoms with Crippen LogP contribution < -0.4 is 10.6 Å². The summed E-state index contributed by atoms with van der Waals surface area (Å²) in [5.74, 6) is -0.857. The maximum absolute atomic E-state index is 11.5. The summed E-state index contributed by atoms with van der Waals surface area (Å²) in [5, 5.41) is 8.91. The van der Waals surface area contributed by atoms with Gasteiger partial charge in [0.25, 0.3) is 0 Å². The third-order valence-corrected chi connectivity index (χ3v) is 5.06. The quantitative estimate of drug-likeness (QED) is 0.771. The molecule has 1 aromatic carbocycles. The van der Waals surface area contributed by atoms with Crippen LogP contribution in [0.15, 0.2) is 18.2 Å². The number of rotatable bonds is 2. The van der Waals surface area contributed by atoms with Crippen LogP contribution in [0.3, 0.4) is 0 Å². The number of sulfone groups is 1. The van der Waals surface area contributed by atoms with Crippen LogP contribution in [0.1, 0.15) is 17.3 Å². The van der Waals surface area contributed by atoms with Crippen LogP contribution >= 0.6 is 0 Å². The lowest BCUT2D eigenvalue weighted by atomic mass is 10.1. The van der Waals surface area contributed by atoms with Gasteiger partial charge < -0.3 is 15.7 Å². The Bertz CT molecular complexity index is 612. The third kappa shape index (κ3) is 2.81. The fraction of sp³-hybridized carbons (Fsp3) is 0.417. The standard InChI is InChI=1S/C12H16N2O4S/c1-8-7-19(17,18)5-4-14(8)9-2-3-10(12(15)16)11(13)6-9/h2-3,6,8H,4-5,7,13H2,1H3,(H,15,16). The number of nitrogens with zero attached hydrogens (tertiary/aromatic N) is 1. The number of nitrogens with two attached hydrogens (primary N) is 1. The number of carboxylic acid groups (broad SMARTS) is 1. The molecule has 0 aromatic heterocycles. The van der Waals surface area contributed by atoms with E-state index in [4.69, 9.17) is 10.8 Å². The van der Waals surface area contributed by atoms with Gasteiger partial charge in [0.1, 0.15) is 0 Å². The molecule has 0 amide bonds. The number of aromatic carboxylic acids is 1. The van der Waals surface area contributed by atoms with Crippen molar-refractivity contribution in [2.24, 2.45) is 0 Å². The summed E-state index contributed by atoms with van der Waals surface area (Å²) in [5.41, 5.74) is 6.70. The first-order chi connectivity index (χ1) is 8.80. The van der Waals surface area contributed by atoms with E-state index < -0.39 is 15.8 Å². The molecule has 1 aromatic rings. The molecule has 0 aliphatic carbocycles. The van der Waals surface area contributed by atoms with Crippen LogP contribution in [0.5, 0.6) is 0 Å². The van der Waals surface area contributed by atoms with Crippen molar-refractivity contribution < 1.29 is 18.3 Å². The fourth-order valence-electron chi connectivity index (χ4n) is 2.31. The average Bonchev–Trinajstić information content (AvgIpc) is 2.26. The topological polar surface area (TPSA) is 101 Å². The molecule has 7 heteroatoms. The molecule has 1 aliphatic rings. The minimum Gasteiger partial charge on any atom is -0.478 e. The lowest BCUT2D eigenvalue weighted by molar-refractivity contribution is 0.0698. The summed E-state index contributed by atoms with van der Waals surface area (Å²) < 4.78 is 23.0. The molecule has 0 bridgehead atoms. The summed E-state index contributed by atoms with van der Waals surface area (Å²) in [6, 6.07) is 4.54. The van der Waals surface area contributed by atoms with Gasteiger partial charge in [0.2, 0.25) is 0 Å². The fourth-order valence-corrected chi connectivity index (χ4v) is 3.86. The smallest absolute Gasteiger partial charge is 0.337 e. The molecule has 1 fully saturated rings. The molecule has 0 saturated carbocycles. The number of carboxylic acids is 1. The molecule has 2 rings (SSSR count). The van der Waals surface area contributed by atoms with Crippen LogP contribution in [0, 0.1) is 0 Å². The predicted molar refractivity (Wildman–Crippen MR) is 73.3 cm³/mol. The number of nitrogen functional groups attached to an aromatic ring is 1. The minimum atomic E-state index is -2.97. The Hall–Kier alpha value is -1.76. The highest BCUT2D eigenvalue weighted by molar-refractivity contribution is 7.91. The van der Waals surface area contributed by atoms with Crippen molar-refractivity contribution in [1.29, 1.82) is 0 Å². The number of hydrogen-bond donors (Lipinski definition) is 2. The molecule has 1 atom stereocenters. The van der Waals surface area contributed by atoms with E-state index in [0.717, 1.165) is 5.69 Å². The highest BCUT2D eigenvalue weighted by Crippen LogP contribution is 2.25. The number of anilines is 2. The second-order valence-corrected chi connectivity index (χ2v) is 6.96. The predicted octanol–water partition coefficient (Wildman–Crippen LogP) is 0.590. The number of benzene rings is 1. The Labute approximate surface area is 111 Å². The van der Waals surface area contributed by atoms with E-state index in [2.05, 4.69) is 0 Å². The summed E-state index contributed by atoms with van der Waals surface area (Å²) in [7, 11) is -2.97. The van der Waals surface area contributed by atoms with E-state index in [9.17, 15) is 13.2 Å². The van der Waals surface area contributed by atoms with Gasteiger partial charge in [-0.05, 0) is 25.1 Å². The van der Waals surface area contributed by atoms with Gasteiger partial charge in [-0.3, -0.25) is 0 Å². The van der Waals surface area contributed by atoms with E-state index in [-0.39, 0.29) is 28.8 Å². The van der Waals surface area contributed by atoms with E-state index in [1.54, 1.807) is 12.1 Å². The molecular weight excluding hydrogens is 268 g/mol. The Morgan fingerprint density at radius 3 is 2.68 bits per heavy atom. The van der Waals surface area contributed by atoms with Crippen molar-refractivity contribution in [3.8, 4) is 0 Å². The van der Waals surface area contributed by atoms with Crippen molar-refractivity contribution in [3.63, 3.8) is 0 Å². The lowest BCUT2D eigenvalue weighted by Crippen LogP contribution is -2.47. The van der Waals surface area contributed by atoms with Crippen molar-refractivity contribution >= 4 is 27.2 Å². The van der Waals surface area contributed by atoms with E-state index >= 15 is 0 Å². The van der Waals surface area contributed by atoms with Gasteiger partial charge in [0.05, 0.1) is 17.1 Å². The lowest BCUT2D eigenvalue weighted by Gasteiger charge is -2.35. The Kier molecular flexibility index (Phi) is 3.40. The monoisotopic (exact) mass is 284 g/mol. The molecule has 0 spiro atoms. The van der Waals surface area contributed by atoms with Gasteiger partial charge in [-0.25, -0.2) is 13.2 Å². The van der Waals surface area contributed by atoms with Crippen molar-refractivity contribution in [3.05, 3.63) is 23.8 Å². The van der Waals surface area contributed by atoms with Crippen LogP contribution in [-0.2, 0) is 9.84 Å². The van der Waals surface area contributed by atoms with Crippen LogP contribution in [-0.4, -0.2) is 43.6 Å². The maximum Gasteiger partial charge on any atom is 0.337 e. The molecule has 3 N–H and O–H groups in total. The zero-order valence-electron chi connectivity index (χ0n) is 10.5. The minimum absolute atomic E-state index is 0.0565. The van der Waals surface area contributed by atoms with Gasteiger partial charge in [-0.2, -0.15) is 0 Å². The maximum atomic E-state index is 11.5. The van der Waals surface area contributed by atoms with Gasteiger partial charge in [0.15, 0.2) is 9.84 Å². The molecule has 0 radical (unpaired) electrons. The van der Waals surface area contributed by atoms with E-state index in [0.29, 0.717) is 6.54 Å². The van der Waals surface area contributed by atoms with Gasteiger partial charge in [0, 0.05) is 24.0 Å². The van der Waals surface area contributed by atoms with Crippen LogP contribution in [0.25, 0.3) is 0 Å². The summed E-state index contributed by atoms with van der Waals surface area (Å²) >= 11 is 0. The molecule has 1 heterocycles. The van der Waals surface area contributed by atoms with Crippen molar-refractivity contribution in [1.82, 2.24) is 0 Å². The summed E-state index contributed by atoms with van der Waals surface area (Å²) in [6.45, 7) is 2.23. The van der Waals surface area contributed by atoms with Crippen molar-refractivity contribution in [2.75, 3.05) is 28.7 Å². The molecule has 1 aliphatic heterocycles. The SMILES string of the molecule is CC1CS(=O)(=O)CCN1c1ccc(C(=O)O)c(N)c1. The Balaban J connectivity index is 2.28. The van der Waals surface area contributed by atoms with E-state index in [1.165, 1.54) is 6.07 Å². The molecule has 1 unspecified atom stereocenters.